The summed E-state index contributed by atoms with van der Waals surface area (Å²) in [5, 5.41) is 14.3. The summed E-state index contributed by atoms with van der Waals surface area (Å²) >= 11 is 3.45. The molecule has 5 heterocycles. The molecule has 5 rings (SSSR count). The number of ketones is 1. The van der Waals surface area contributed by atoms with E-state index < -0.39 is 0 Å². The fourth-order valence-corrected chi connectivity index (χ4v) is 6.79. The molecule has 3 aromatic heterocycles. The summed E-state index contributed by atoms with van der Waals surface area (Å²) < 4.78 is 6.44. The van der Waals surface area contributed by atoms with Crippen molar-refractivity contribution in [1.29, 1.82) is 0 Å². The Balaban J connectivity index is 1.35. The number of aliphatic hydroxyl groups is 1. The summed E-state index contributed by atoms with van der Waals surface area (Å²) in [4.78, 5) is 24.3. The molecule has 30 heavy (non-hydrogen) atoms. The number of aromatic nitrogens is 2. The number of pyridine rings is 1. The van der Waals surface area contributed by atoms with Crippen LogP contribution in [0.5, 0.6) is 0 Å². The summed E-state index contributed by atoms with van der Waals surface area (Å²) in [5.74, 6) is 0.434. The van der Waals surface area contributed by atoms with Crippen LogP contribution in [0.25, 0.3) is 20.8 Å². The summed E-state index contributed by atoms with van der Waals surface area (Å²) in [7, 11) is 0. The number of hydrogen-bond donors (Lipinski definition) is 2. The third-order valence-corrected chi connectivity index (χ3v) is 8.24. The summed E-state index contributed by atoms with van der Waals surface area (Å²) in [6, 6.07) is 2.00. The number of rotatable bonds is 7. The van der Waals surface area contributed by atoms with Crippen LogP contribution in [0.4, 0.5) is 0 Å². The van der Waals surface area contributed by atoms with Gasteiger partial charge in [-0.25, -0.2) is 4.98 Å². The first-order valence-electron chi connectivity index (χ1n) is 10.5. The number of thiophene rings is 1. The van der Waals surface area contributed by atoms with E-state index in [1.54, 1.807) is 28.9 Å². The van der Waals surface area contributed by atoms with Crippen molar-refractivity contribution in [2.24, 2.45) is 5.92 Å². The van der Waals surface area contributed by atoms with Crippen molar-refractivity contribution in [3.63, 3.8) is 0 Å². The number of ether oxygens (including phenoxy) is 1. The van der Waals surface area contributed by atoms with Crippen LogP contribution in [0.3, 0.4) is 0 Å². The second kappa shape index (κ2) is 8.80. The minimum absolute atomic E-state index is 0.171. The number of hydrogen-bond acceptors (Lipinski definition) is 8. The summed E-state index contributed by atoms with van der Waals surface area (Å²) in [6.45, 7) is 2.86. The lowest BCUT2D eigenvalue weighted by molar-refractivity contribution is -0.118. The molecule has 1 saturated heterocycles. The normalized spacial score (nSPS) is 21.2. The van der Waals surface area contributed by atoms with Gasteiger partial charge in [-0.3, -0.25) is 9.78 Å². The van der Waals surface area contributed by atoms with Crippen LogP contribution in [0.2, 0.25) is 0 Å². The highest BCUT2D eigenvalue weighted by atomic mass is 32.1. The molecule has 0 bridgehead atoms. The van der Waals surface area contributed by atoms with Crippen LogP contribution >= 0.6 is 22.7 Å². The molecule has 2 N–H and O–H groups in total. The van der Waals surface area contributed by atoms with Gasteiger partial charge in [-0.15, -0.1) is 22.7 Å². The molecule has 0 aliphatic carbocycles. The van der Waals surface area contributed by atoms with E-state index in [2.05, 4.69) is 10.3 Å². The van der Waals surface area contributed by atoms with Crippen LogP contribution < -0.4 is 5.32 Å². The second-order valence-electron chi connectivity index (χ2n) is 8.06. The molecular formula is C22H25N3O3S2. The molecule has 2 atom stereocenters. The predicted octanol–water partition coefficient (Wildman–Crippen LogP) is 3.35. The van der Waals surface area contributed by atoms with Gasteiger partial charge in [-0.05, 0) is 37.4 Å². The largest absolute Gasteiger partial charge is 0.390 e. The number of Topliss-reactive ketones (excluding diaryl/α,β-unsaturated/α-hetero) is 1. The van der Waals surface area contributed by atoms with E-state index in [1.165, 1.54) is 16.0 Å². The van der Waals surface area contributed by atoms with Crippen molar-refractivity contribution in [2.45, 2.75) is 44.8 Å². The molecule has 3 aromatic rings. The maximum absolute atomic E-state index is 12.8. The van der Waals surface area contributed by atoms with Crippen LogP contribution in [0, 0.1) is 5.92 Å². The number of nitrogens with zero attached hydrogens (tertiary/aromatic N) is 2. The monoisotopic (exact) mass is 443 g/mol. The molecule has 0 unspecified atom stereocenters. The van der Waals surface area contributed by atoms with Crippen LogP contribution in [0.15, 0.2) is 18.5 Å². The predicted molar refractivity (Wildman–Crippen MR) is 119 cm³/mol. The molecule has 2 aliphatic rings. The average molecular weight is 444 g/mol. The van der Waals surface area contributed by atoms with E-state index >= 15 is 0 Å². The number of aliphatic hydroxyl groups excluding tert-OH is 1. The van der Waals surface area contributed by atoms with Crippen LogP contribution in [0.1, 0.15) is 34.6 Å². The van der Waals surface area contributed by atoms with Gasteiger partial charge in [0.25, 0.3) is 0 Å². The van der Waals surface area contributed by atoms with Gasteiger partial charge in [-0.2, -0.15) is 0 Å². The number of carbonyl (C=O) groups excluding carboxylic acids is 1. The Hall–Kier alpha value is -1.71. The first-order chi connectivity index (χ1) is 14.7. The molecule has 0 amide bonds. The summed E-state index contributed by atoms with van der Waals surface area (Å²) in [6.07, 6.45) is 6.86. The van der Waals surface area contributed by atoms with Crippen molar-refractivity contribution in [3.05, 3.63) is 33.8 Å². The topological polar surface area (TPSA) is 84.3 Å². The highest BCUT2D eigenvalue weighted by Gasteiger charge is 2.27. The molecule has 0 aromatic carbocycles. The van der Waals surface area contributed by atoms with Crippen molar-refractivity contribution < 1.29 is 14.6 Å². The van der Waals surface area contributed by atoms with Gasteiger partial charge < -0.3 is 15.2 Å². The molecule has 158 valence electrons. The van der Waals surface area contributed by atoms with E-state index in [4.69, 9.17) is 9.72 Å². The Morgan fingerprint density at radius 3 is 3.10 bits per heavy atom. The zero-order valence-electron chi connectivity index (χ0n) is 16.7. The first kappa shape index (κ1) is 20.2. The van der Waals surface area contributed by atoms with Crippen molar-refractivity contribution in [2.75, 3.05) is 19.8 Å². The van der Waals surface area contributed by atoms with Gasteiger partial charge in [0.2, 0.25) is 0 Å². The molecule has 8 heteroatoms. The van der Waals surface area contributed by atoms with E-state index in [0.717, 1.165) is 52.5 Å². The fourth-order valence-electron chi connectivity index (χ4n) is 4.34. The number of fused-ring (bicyclic) bond motifs is 2. The Morgan fingerprint density at radius 1 is 1.33 bits per heavy atom. The SMILES string of the molecule is O=C(CCC[C@H]1COC[C@@H]1O)Cc1sc2c(c1-c1nc3cnccc3s1)CCNC2. The Labute approximate surface area is 183 Å². The van der Waals surface area contributed by atoms with Gasteiger partial charge in [0, 0.05) is 46.8 Å². The van der Waals surface area contributed by atoms with Gasteiger partial charge >= 0.3 is 0 Å². The smallest absolute Gasteiger partial charge is 0.138 e. The molecular weight excluding hydrogens is 418 g/mol. The molecule has 1 fully saturated rings. The Kier molecular flexibility index (Phi) is 5.93. The quantitative estimate of drug-likeness (QED) is 0.583. The van der Waals surface area contributed by atoms with Crippen molar-refractivity contribution in [1.82, 2.24) is 15.3 Å². The van der Waals surface area contributed by atoms with Gasteiger partial charge in [0.15, 0.2) is 0 Å². The number of nitrogens with one attached hydrogen (secondary N) is 1. The highest BCUT2D eigenvalue weighted by molar-refractivity contribution is 7.22. The van der Waals surface area contributed by atoms with E-state index in [9.17, 15) is 9.90 Å². The third kappa shape index (κ3) is 4.07. The van der Waals surface area contributed by atoms with E-state index in [0.29, 0.717) is 26.1 Å². The zero-order valence-corrected chi connectivity index (χ0v) is 18.4. The number of carbonyl (C=O) groups is 1. The van der Waals surface area contributed by atoms with Crippen LogP contribution in [-0.2, 0) is 28.9 Å². The van der Waals surface area contributed by atoms with Crippen molar-refractivity contribution in [3.8, 4) is 10.6 Å². The molecule has 0 spiro atoms. The van der Waals surface area contributed by atoms with Gasteiger partial charge in [-0.1, -0.05) is 0 Å². The lowest BCUT2D eigenvalue weighted by atomic mass is 9.96. The van der Waals surface area contributed by atoms with E-state index in [-0.39, 0.29) is 17.8 Å². The maximum Gasteiger partial charge on any atom is 0.138 e. The minimum atomic E-state index is -0.378. The molecule has 2 aliphatic heterocycles. The van der Waals surface area contributed by atoms with Crippen molar-refractivity contribution >= 4 is 38.7 Å². The minimum Gasteiger partial charge on any atom is -0.390 e. The fraction of sp³-hybridized carbons (Fsp3) is 0.500. The first-order valence-corrected chi connectivity index (χ1v) is 12.1. The van der Waals surface area contributed by atoms with Gasteiger partial charge in [0.1, 0.15) is 16.3 Å². The zero-order chi connectivity index (χ0) is 20.5. The second-order valence-corrected chi connectivity index (χ2v) is 10.3. The standard InChI is InChI=1S/C22H25N3O3S2/c26-14(3-1-2-13-11-28-12-17(13)27)8-19-21(15-4-6-24-10-20(15)29-19)22-25-16-9-23-7-5-18(16)30-22/h5,7,9,13,17,24,27H,1-4,6,8,10-12H2/t13-,17-/m0/s1. The summed E-state index contributed by atoms with van der Waals surface area (Å²) in [5.41, 5.74) is 3.46. The average Bonchev–Trinajstić information content (AvgIpc) is 3.44. The lowest BCUT2D eigenvalue weighted by Gasteiger charge is -2.13. The maximum atomic E-state index is 12.8. The highest BCUT2D eigenvalue weighted by Crippen LogP contribution is 2.41. The van der Waals surface area contributed by atoms with Crippen LogP contribution in [-0.4, -0.2) is 46.7 Å². The van der Waals surface area contributed by atoms with E-state index in [1.807, 2.05) is 12.3 Å². The van der Waals surface area contributed by atoms with Gasteiger partial charge in [0.05, 0.1) is 30.2 Å². The third-order valence-electron chi connectivity index (χ3n) is 5.96. The Bertz CT molecular complexity index is 1030. The number of thiazole rings is 1. The molecule has 0 radical (unpaired) electrons. The Morgan fingerprint density at radius 2 is 2.27 bits per heavy atom. The molecule has 0 saturated carbocycles. The molecule has 6 nitrogen and oxygen atoms in total. The lowest BCUT2D eigenvalue weighted by Crippen LogP contribution is -2.22.